The Hall–Kier alpha value is -2.29. The summed E-state index contributed by atoms with van der Waals surface area (Å²) in [5, 5.41) is 10.2. The number of rotatable bonds is 7. The van der Waals surface area contributed by atoms with Crippen molar-refractivity contribution in [3.05, 3.63) is 46.0 Å². The van der Waals surface area contributed by atoms with Gasteiger partial charge in [-0.3, -0.25) is 9.97 Å². The third-order valence-corrected chi connectivity index (χ3v) is 3.98. The molecule has 2 aromatic rings. The van der Waals surface area contributed by atoms with Gasteiger partial charge in [-0.15, -0.1) is 0 Å². The first-order chi connectivity index (χ1) is 12.1. The van der Waals surface area contributed by atoms with Gasteiger partial charge in [-0.05, 0) is 12.5 Å². The molecule has 0 fully saturated rings. The van der Waals surface area contributed by atoms with E-state index in [1.165, 1.54) is 18.6 Å². The molecule has 25 heavy (non-hydrogen) atoms. The zero-order valence-electron chi connectivity index (χ0n) is 13.9. The van der Waals surface area contributed by atoms with Crippen LogP contribution in [-0.2, 0) is 0 Å². The molecule has 0 aromatic carbocycles. The second-order valence-electron chi connectivity index (χ2n) is 5.11. The van der Waals surface area contributed by atoms with Gasteiger partial charge in [0.25, 0.3) is 0 Å². The van der Waals surface area contributed by atoms with E-state index in [9.17, 15) is 5.26 Å². The lowest BCUT2D eigenvalue weighted by molar-refractivity contribution is 0.287. The third kappa shape index (κ3) is 4.85. The van der Waals surface area contributed by atoms with Gasteiger partial charge in [0.05, 0.1) is 41.2 Å². The van der Waals surface area contributed by atoms with E-state index in [2.05, 4.69) is 23.0 Å². The molecule has 2 rings (SSSR count). The summed E-state index contributed by atoms with van der Waals surface area (Å²) < 4.78 is 11.0. The molecule has 0 spiro atoms. The Kier molecular flexibility index (Phi) is 7.05. The van der Waals surface area contributed by atoms with E-state index in [1.54, 1.807) is 19.3 Å². The normalized spacial score (nSPS) is 11.1. The zero-order chi connectivity index (χ0) is 18.2. The Bertz CT molecular complexity index is 796. The Balaban J connectivity index is 2.42. The summed E-state index contributed by atoms with van der Waals surface area (Å²) in [4.78, 5) is 8.17. The van der Waals surface area contributed by atoms with Crippen LogP contribution in [0, 0.1) is 11.3 Å². The first-order valence-corrected chi connectivity index (χ1v) is 8.44. The van der Waals surface area contributed by atoms with Crippen LogP contribution in [-0.4, -0.2) is 23.7 Å². The second kappa shape index (κ2) is 9.26. The summed E-state index contributed by atoms with van der Waals surface area (Å²) >= 11 is 12.2. The molecule has 0 N–H and O–H groups in total. The molecule has 0 saturated heterocycles. The number of pyridine rings is 2. The Labute approximate surface area is 156 Å². The van der Waals surface area contributed by atoms with Crippen LogP contribution in [0.4, 0.5) is 0 Å². The van der Waals surface area contributed by atoms with E-state index in [1.807, 2.05) is 0 Å². The number of halogens is 2. The smallest absolute Gasteiger partial charge is 0.179 e. The Morgan fingerprint density at radius 3 is 2.56 bits per heavy atom. The maximum Gasteiger partial charge on any atom is 0.179 e. The lowest BCUT2D eigenvalue weighted by Crippen LogP contribution is -2.01. The average Bonchev–Trinajstić information content (AvgIpc) is 2.62. The van der Waals surface area contributed by atoms with Crippen LogP contribution in [0.25, 0.3) is 11.6 Å². The van der Waals surface area contributed by atoms with Crippen LogP contribution >= 0.6 is 23.2 Å². The minimum absolute atomic E-state index is 0.304. The molecule has 2 heterocycles. The summed E-state index contributed by atoms with van der Waals surface area (Å²) in [6, 6.07) is 3.79. The molecule has 0 aliphatic rings. The van der Waals surface area contributed by atoms with Gasteiger partial charge in [0.15, 0.2) is 11.5 Å². The standard InChI is InChI=1S/C18H17Cl2N3O2/c1-3-4-5-25-17-7-16(23-11-18(17)24-2)12(8-21)6-13-14(19)9-22-10-15(13)20/h6-7,9-11H,3-5H2,1-2H3. The van der Waals surface area contributed by atoms with Crippen molar-refractivity contribution >= 4 is 34.9 Å². The van der Waals surface area contributed by atoms with Crippen molar-refractivity contribution in [1.82, 2.24) is 9.97 Å². The Morgan fingerprint density at radius 2 is 1.96 bits per heavy atom. The van der Waals surface area contributed by atoms with Gasteiger partial charge in [-0.25, -0.2) is 0 Å². The van der Waals surface area contributed by atoms with E-state index < -0.39 is 0 Å². The van der Waals surface area contributed by atoms with E-state index in [-0.39, 0.29) is 0 Å². The molecular weight excluding hydrogens is 361 g/mol. The predicted molar refractivity (Wildman–Crippen MR) is 98.9 cm³/mol. The fourth-order valence-electron chi connectivity index (χ4n) is 2.03. The molecule has 0 bridgehead atoms. The second-order valence-corrected chi connectivity index (χ2v) is 5.92. The highest BCUT2D eigenvalue weighted by Gasteiger charge is 2.12. The van der Waals surface area contributed by atoms with Crippen molar-refractivity contribution < 1.29 is 9.47 Å². The molecule has 0 aliphatic carbocycles. The number of unbranched alkanes of at least 4 members (excludes halogenated alkanes) is 1. The molecule has 130 valence electrons. The van der Waals surface area contributed by atoms with Crippen molar-refractivity contribution in [2.45, 2.75) is 19.8 Å². The zero-order valence-corrected chi connectivity index (χ0v) is 15.4. The van der Waals surface area contributed by atoms with Gasteiger partial charge in [-0.2, -0.15) is 5.26 Å². The van der Waals surface area contributed by atoms with E-state index >= 15 is 0 Å². The number of hydrogen-bond donors (Lipinski definition) is 0. The minimum atomic E-state index is 0.304. The molecule has 0 atom stereocenters. The van der Waals surface area contributed by atoms with Crippen molar-refractivity contribution in [3.63, 3.8) is 0 Å². The maximum absolute atomic E-state index is 9.52. The van der Waals surface area contributed by atoms with Gasteiger partial charge in [-0.1, -0.05) is 36.5 Å². The highest BCUT2D eigenvalue weighted by molar-refractivity contribution is 6.37. The van der Waals surface area contributed by atoms with Crippen molar-refractivity contribution in [1.29, 1.82) is 5.26 Å². The number of methoxy groups -OCH3 is 1. The van der Waals surface area contributed by atoms with Crippen LogP contribution < -0.4 is 9.47 Å². The average molecular weight is 378 g/mol. The van der Waals surface area contributed by atoms with Crippen LogP contribution in [0.2, 0.25) is 10.0 Å². The Morgan fingerprint density at radius 1 is 1.24 bits per heavy atom. The number of allylic oxidation sites excluding steroid dienone is 1. The van der Waals surface area contributed by atoms with Gasteiger partial charge < -0.3 is 9.47 Å². The molecular formula is C18H17Cl2N3O2. The number of ether oxygens (including phenoxy) is 2. The highest BCUT2D eigenvalue weighted by atomic mass is 35.5. The maximum atomic E-state index is 9.52. The van der Waals surface area contributed by atoms with E-state index in [0.717, 1.165) is 12.8 Å². The molecule has 0 aliphatic heterocycles. The van der Waals surface area contributed by atoms with E-state index in [4.69, 9.17) is 32.7 Å². The monoisotopic (exact) mass is 377 g/mol. The van der Waals surface area contributed by atoms with Crippen LogP contribution in [0.1, 0.15) is 31.0 Å². The first kappa shape index (κ1) is 19.0. The van der Waals surface area contributed by atoms with Crippen LogP contribution in [0.3, 0.4) is 0 Å². The first-order valence-electron chi connectivity index (χ1n) is 7.68. The van der Waals surface area contributed by atoms with Gasteiger partial charge in [0.2, 0.25) is 0 Å². The molecule has 2 aromatic heterocycles. The number of nitrogens with zero attached hydrogens (tertiary/aromatic N) is 3. The van der Waals surface area contributed by atoms with Gasteiger partial charge in [0.1, 0.15) is 6.07 Å². The fraction of sp³-hybridized carbons (Fsp3) is 0.278. The molecule has 0 saturated carbocycles. The van der Waals surface area contributed by atoms with Crippen molar-refractivity contribution in [3.8, 4) is 17.6 Å². The van der Waals surface area contributed by atoms with Gasteiger partial charge >= 0.3 is 0 Å². The molecule has 0 amide bonds. The summed E-state index contributed by atoms with van der Waals surface area (Å²) in [6.07, 6.45) is 7.98. The molecule has 5 nitrogen and oxygen atoms in total. The lowest BCUT2D eigenvalue weighted by Gasteiger charge is -2.11. The fourth-order valence-corrected chi connectivity index (χ4v) is 2.51. The van der Waals surface area contributed by atoms with Crippen molar-refractivity contribution in [2.75, 3.05) is 13.7 Å². The summed E-state index contributed by atoms with van der Waals surface area (Å²) in [6.45, 7) is 2.64. The highest BCUT2D eigenvalue weighted by Crippen LogP contribution is 2.31. The van der Waals surface area contributed by atoms with Crippen LogP contribution in [0.5, 0.6) is 11.5 Å². The van der Waals surface area contributed by atoms with Crippen molar-refractivity contribution in [2.24, 2.45) is 0 Å². The summed E-state index contributed by atoms with van der Waals surface area (Å²) in [5.74, 6) is 1.05. The van der Waals surface area contributed by atoms with E-state index in [0.29, 0.717) is 45.0 Å². The number of aromatic nitrogens is 2. The quantitative estimate of drug-likeness (QED) is 0.499. The topological polar surface area (TPSA) is 68.0 Å². The van der Waals surface area contributed by atoms with Gasteiger partial charge in [0, 0.05) is 24.0 Å². The lowest BCUT2D eigenvalue weighted by atomic mass is 10.1. The molecule has 0 radical (unpaired) electrons. The largest absolute Gasteiger partial charge is 0.491 e. The summed E-state index contributed by atoms with van der Waals surface area (Å²) in [7, 11) is 1.54. The predicted octanol–water partition coefficient (Wildman–Crippen LogP) is 5.04. The molecule has 0 unspecified atom stereocenters. The molecule has 7 heteroatoms. The SMILES string of the molecule is CCCCOc1cc(C(C#N)=Cc2c(Cl)cncc2Cl)ncc1OC. The summed E-state index contributed by atoms with van der Waals surface area (Å²) in [5.41, 5.74) is 1.26. The minimum Gasteiger partial charge on any atom is -0.491 e. The van der Waals surface area contributed by atoms with Crippen LogP contribution in [0.15, 0.2) is 24.7 Å². The third-order valence-electron chi connectivity index (χ3n) is 3.38. The number of hydrogen-bond acceptors (Lipinski definition) is 5. The number of nitriles is 1.